The van der Waals surface area contributed by atoms with Crippen LogP contribution in [0.15, 0.2) is 102 Å². The van der Waals surface area contributed by atoms with Crippen molar-refractivity contribution in [3.8, 4) is 22.8 Å². The maximum atomic E-state index is 13.9. The van der Waals surface area contributed by atoms with Crippen LogP contribution in [-0.2, 0) is 21.2 Å². The van der Waals surface area contributed by atoms with Gasteiger partial charge in [-0.1, -0.05) is 48.5 Å². The van der Waals surface area contributed by atoms with E-state index >= 15 is 0 Å². The van der Waals surface area contributed by atoms with Crippen molar-refractivity contribution in [1.82, 2.24) is 15.0 Å². The van der Waals surface area contributed by atoms with Gasteiger partial charge in [-0.05, 0) is 73.5 Å². The first kappa shape index (κ1) is 32.1. The van der Waals surface area contributed by atoms with Crippen LogP contribution in [0.3, 0.4) is 0 Å². The van der Waals surface area contributed by atoms with Crippen LogP contribution >= 0.6 is 0 Å². The maximum absolute atomic E-state index is 13.9. The second-order valence-electron chi connectivity index (χ2n) is 10.6. The lowest BCUT2D eigenvalue weighted by molar-refractivity contribution is -0.120. The van der Waals surface area contributed by atoms with E-state index in [1.807, 2.05) is 61.5 Å². The summed E-state index contributed by atoms with van der Waals surface area (Å²) in [5, 5.41) is 3.49. The summed E-state index contributed by atoms with van der Waals surface area (Å²) < 4.78 is 40.0. The topological polar surface area (TPSA) is 130 Å². The van der Waals surface area contributed by atoms with Gasteiger partial charge in [0.25, 0.3) is 10.0 Å². The zero-order valence-electron chi connectivity index (χ0n) is 26.0. The molecule has 1 heterocycles. The van der Waals surface area contributed by atoms with Crippen molar-refractivity contribution in [1.29, 1.82) is 0 Å². The van der Waals surface area contributed by atoms with Gasteiger partial charge < -0.3 is 24.7 Å². The van der Waals surface area contributed by atoms with Crippen LogP contribution in [0.2, 0.25) is 0 Å². The smallest absolute Gasteiger partial charge is 0.329 e. The van der Waals surface area contributed by atoms with E-state index in [1.165, 1.54) is 11.0 Å². The Hall–Kier alpha value is -5.29. The minimum atomic E-state index is -4.33. The second-order valence-corrected chi connectivity index (χ2v) is 12.3. The Bertz CT molecular complexity index is 1960. The number of sulfonamides is 1. The van der Waals surface area contributed by atoms with Crippen molar-refractivity contribution in [2.75, 3.05) is 25.7 Å². The Morgan fingerprint density at radius 3 is 2.28 bits per heavy atom. The number of fused-ring (bicyclic) bond motifs is 1. The number of likely N-dealkylation sites (N-methyl/N-ethyl adjacent to an activating group) is 1. The highest BCUT2D eigenvalue weighted by Gasteiger charge is 2.29. The first-order valence-electron chi connectivity index (χ1n) is 14.7. The van der Waals surface area contributed by atoms with Crippen LogP contribution in [-0.4, -0.2) is 52.1 Å². The molecule has 5 aromatic rings. The largest absolute Gasteiger partial charge is 0.497 e. The molecular weight excluding hydrogens is 604 g/mol. The maximum Gasteiger partial charge on any atom is 0.329 e. The molecule has 0 aliphatic carbocycles. The predicted octanol–water partition coefficient (Wildman–Crippen LogP) is 5.81. The zero-order chi connectivity index (χ0) is 32.8. The highest BCUT2D eigenvalue weighted by Crippen LogP contribution is 2.33. The highest BCUT2D eigenvalue weighted by molar-refractivity contribution is 7.90. The van der Waals surface area contributed by atoms with Crippen molar-refractivity contribution in [2.24, 2.45) is 0 Å². The van der Waals surface area contributed by atoms with Gasteiger partial charge in [0.05, 0.1) is 19.1 Å². The molecule has 3 N–H and O–H groups in total. The predicted molar refractivity (Wildman–Crippen MR) is 179 cm³/mol. The van der Waals surface area contributed by atoms with E-state index in [1.54, 1.807) is 57.5 Å². The van der Waals surface area contributed by atoms with E-state index in [-0.39, 0.29) is 11.3 Å². The molecule has 0 radical (unpaired) electrons. The van der Waals surface area contributed by atoms with Crippen molar-refractivity contribution in [3.05, 3.63) is 108 Å². The minimum Gasteiger partial charge on any atom is -0.497 e. The number of hydrogen-bond donors (Lipinski definition) is 3. The van der Waals surface area contributed by atoms with Crippen molar-refractivity contribution < 1.29 is 27.5 Å². The van der Waals surface area contributed by atoms with Crippen molar-refractivity contribution in [2.45, 2.75) is 31.2 Å². The lowest BCUT2D eigenvalue weighted by Crippen LogP contribution is -2.53. The Morgan fingerprint density at radius 2 is 1.61 bits per heavy atom. The molecule has 238 valence electrons. The standard InChI is InChI=1S/C35H36N4O6S/c1-5-39(25-17-19-26(44-3)20-18-25)34(40)31(21-24-11-7-6-8-12-24)37-35(41)38-46(42,43)33-16-9-13-27(23(33)2)30-22-28-29(36-30)14-10-15-32(28)45-4/h6-20,22,31,36H,5,21H2,1-4H3,(H2,37,38,41)/t31-/m0/s1. The van der Waals surface area contributed by atoms with Crippen LogP contribution in [0.5, 0.6) is 11.5 Å². The van der Waals surface area contributed by atoms with Crippen LogP contribution in [0.25, 0.3) is 22.2 Å². The average molecular weight is 641 g/mol. The van der Waals surface area contributed by atoms with Gasteiger partial charge in [0, 0.05) is 40.8 Å². The molecular formula is C35H36N4O6S. The number of amides is 3. The molecule has 1 aromatic heterocycles. The first-order chi connectivity index (χ1) is 22.1. The molecule has 5 rings (SSSR count). The summed E-state index contributed by atoms with van der Waals surface area (Å²) in [5.41, 5.74) is 4.05. The van der Waals surface area contributed by atoms with Gasteiger partial charge in [-0.25, -0.2) is 17.9 Å². The third kappa shape index (κ3) is 6.84. The summed E-state index contributed by atoms with van der Waals surface area (Å²) >= 11 is 0. The number of aromatic amines is 1. The third-order valence-corrected chi connectivity index (χ3v) is 9.26. The number of nitrogens with one attached hydrogen (secondary N) is 3. The van der Waals surface area contributed by atoms with E-state index in [9.17, 15) is 18.0 Å². The number of anilines is 1. The molecule has 0 aliphatic heterocycles. The van der Waals surface area contributed by atoms with E-state index in [0.29, 0.717) is 40.6 Å². The van der Waals surface area contributed by atoms with Gasteiger partial charge >= 0.3 is 6.03 Å². The molecule has 10 nitrogen and oxygen atoms in total. The number of methoxy groups -OCH3 is 2. The molecule has 0 saturated heterocycles. The number of aromatic nitrogens is 1. The van der Waals surface area contributed by atoms with Gasteiger partial charge in [0.2, 0.25) is 5.91 Å². The summed E-state index contributed by atoms with van der Waals surface area (Å²) in [7, 11) is -1.19. The number of nitrogens with zero attached hydrogens (tertiary/aromatic N) is 1. The Kier molecular flexibility index (Phi) is 9.62. The van der Waals surface area contributed by atoms with Crippen LogP contribution in [0.1, 0.15) is 18.1 Å². The van der Waals surface area contributed by atoms with Crippen LogP contribution in [0, 0.1) is 6.92 Å². The molecule has 46 heavy (non-hydrogen) atoms. The normalized spacial score (nSPS) is 11.9. The summed E-state index contributed by atoms with van der Waals surface area (Å²) in [6, 6.07) is 26.5. The van der Waals surface area contributed by atoms with E-state index < -0.39 is 28.0 Å². The number of benzene rings is 4. The molecule has 0 fully saturated rings. The fourth-order valence-electron chi connectivity index (χ4n) is 5.48. The first-order valence-corrected chi connectivity index (χ1v) is 16.2. The number of ether oxygens (including phenoxy) is 2. The van der Waals surface area contributed by atoms with Gasteiger partial charge in [0.1, 0.15) is 17.5 Å². The fraction of sp³-hybridized carbons (Fsp3) is 0.200. The van der Waals surface area contributed by atoms with Crippen LogP contribution < -0.4 is 24.4 Å². The summed E-state index contributed by atoms with van der Waals surface area (Å²) in [5.74, 6) is 0.934. The molecule has 0 saturated carbocycles. The molecule has 4 aromatic carbocycles. The summed E-state index contributed by atoms with van der Waals surface area (Å²) in [4.78, 5) is 32.0. The third-order valence-electron chi connectivity index (χ3n) is 7.79. The molecule has 1 atom stereocenters. The van der Waals surface area contributed by atoms with Crippen LogP contribution in [0.4, 0.5) is 10.5 Å². The van der Waals surface area contributed by atoms with E-state index in [2.05, 4.69) is 15.0 Å². The van der Waals surface area contributed by atoms with Gasteiger partial charge in [-0.3, -0.25) is 4.79 Å². The number of hydrogen-bond acceptors (Lipinski definition) is 6. The van der Waals surface area contributed by atoms with Crippen molar-refractivity contribution >= 4 is 38.6 Å². The molecule has 0 aliphatic rings. The number of carbonyl (C=O) groups is 2. The summed E-state index contributed by atoms with van der Waals surface area (Å²) in [6.45, 7) is 3.83. The van der Waals surface area contributed by atoms with Crippen molar-refractivity contribution in [3.63, 3.8) is 0 Å². The Balaban J connectivity index is 1.40. The second kappa shape index (κ2) is 13.8. The lowest BCUT2D eigenvalue weighted by atomic mass is 10.0. The minimum absolute atomic E-state index is 0.0647. The molecule has 0 bridgehead atoms. The molecule has 11 heteroatoms. The Morgan fingerprint density at radius 1 is 0.891 bits per heavy atom. The van der Waals surface area contributed by atoms with Gasteiger partial charge in [-0.15, -0.1) is 0 Å². The number of urea groups is 1. The zero-order valence-corrected chi connectivity index (χ0v) is 26.9. The van der Waals surface area contributed by atoms with E-state index in [4.69, 9.17) is 9.47 Å². The molecule has 3 amide bonds. The fourth-order valence-corrected chi connectivity index (χ4v) is 6.66. The Labute approximate surface area is 268 Å². The molecule has 0 unspecified atom stereocenters. The monoisotopic (exact) mass is 640 g/mol. The van der Waals surface area contributed by atoms with Gasteiger partial charge in [0.15, 0.2) is 0 Å². The van der Waals surface area contributed by atoms with E-state index in [0.717, 1.165) is 16.5 Å². The number of rotatable bonds is 11. The average Bonchev–Trinajstić information content (AvgIpc) is 3.50. The number of H-pyrrole nitrogens is 1. The van der Waals surface area contributed by atoms with Gasteiger partial charge in [-0.2, -0.15) is 0 Å². The summed E-state index contributed by atoms with van der Waals surface area (Å²) in [6.07, 6.45) is 0.151. The lowest BCUT2D eigenvalue weighted by Gasteiger charge is -2.27. The highest BCUT2D eigenvalue weighted by atomic mass is 32.2. The molecule has 0 spiro atoms. The SMILES string of the molecule is CCN(C(=O)[C@H](Cc1ccccc1)NC(=O)NS(=O)(=O)c1cccc(-c2cc3c(OC)cccc3[nH]2)c1C)c1ccc(OC)cc1. The quantitative estimate of drug-likeness (QED) is 0.167. The number of carbonyl (C=O) groups excluding carboxylic acids is 2.